The first-order valence-corrected chi connectivity index (χ1v) is 5.78. The molecule has 2 unspecified atom stereocenters. The number of aliphatic carboxylic acids is 1. The average Bonchev–Trinajstić information content (AvgIpc) is 2.72. The number of benzene rings is 1. The van der Waals surface area contributed by atoms with E-state index in [0.29, 0.717) is 24.5 Å². The van der Waals surface area contributed by atoms with Gasteiger partial charge in [0.25, 0.3) is 0 Å². The number of fused-ring (bicyclic) bond motifs is 1. The molecule has 0 aliphatic carbocycles. The molecular formula is C13H16O5. The van der Waals surface area contributed by atoms with Crippen LogP contribution in [-0.2, 0) is 16.0 Å². The SMILES string of the molecule is COCC(C)Oc1ccc2c(c1)OC(C(=O)O)C2. The molecule has 0 aromatic heterocycles. The molecule has 5 nitrogen and oxygen atoms in total. The van der Waals surface area contributed by atoms with Gasteiger partial charge in [-0.25, -0.2) is 4.79 Å². The topological polar surface area (TPSA) is 65.0 Å². The second-order valence-corrected chi connectivity index (χ2v) is 4.30. The molecule has 0 bridgehead atoms. The van der Waals surface area contributed by atoms with Crippen molar-refractivity contribution in [2.45, 2.75) is 25.6 Å². The van der Waals surface area contributed by atoms with Crippen molar-refractivity contribution in [1.29, 1.82) is 0 Å². The quantitative estimate of drug-likeness (QED) is 0.860. The number of carboxylic acid groups (broad SMARTS) is 1. The minimum absolute atomic E-state index is 0.0651. The number of methoxy groups -OCH3 is 1. The van der Waals surface area contributed by atoms with Crippen molar-refractivity contribution in [1.82, 2.24) is 0 Å². The van der Waals surface area contributed by atoms with Gasteiger partial charge in [-0.05, 0) is 18.6 Å². The Balaban J connectivity index is 2.06. The predicted molar refractivity (Wildman–Crippen MR) is 64.2 cm³/mol. The van der Waals surface area contributed by atoms with Crippen LogP contribution in [0.5, 0.6) is 11.5 Å². The zero-order valence-electron chi connectivity index (χ0n) is 10.4. The zero-order chi connectivity index (χ0) is 13.1. The normalized spacial score (nSPS) is 18.9. The second-order valence-electron chi connectivity index (χ2n) is 4.30. The first-order chi connectivity index (χ1) is 8.60. The van der Waals surface area contributed by atoms with E-state index in [1.807, 2.05) is 19.1 Å². The minimum Gasteiger partial charge on any atom is -0.488 e. The third-order valence-corrected chi connectivity index (χ3v) is 2.73. The Morgan fingerprint density at radius 2 is 2.39 bits per heavy atom. The highest BCUT2D eigenvalue weighted by molar-refractivity contribution is 5.74. The molecule has 2 atom stereocenters. The van der Waals surface area contributed by atoms with E-state index in [1.165, 1.54) is 0 Å². The van der Waals surface area contributed by atoms with Gasteiger partial charge in [-0.3, -0.25) is 0 Å². The molecule has 1 aliphatic rings. The molecule has 1 aromatic rings. The molecule has 1 N–H and O–H groups in total. The van der Waals surface area contributed by atoms with Crippen LogP contribution in [0.2, 0.25) is 0 Å². The summed E-state index contributed by atoms with van der Waals surface area (Å²) in [6.45, 7) is 2.40. The Hall–Kier alpha value is -1.75. The van der Waals surface area contributed by atoms with Crippen molar-refractivity contribution in [3.05, 3.63) is 23.8 Å². The van der Waals surface area contributed by atoms with Crippen LogP contribution in [0.1, 0.15) is 12.5 Å². The van der Waals surface area contributed by atoms with Crippen molar-refractivity contribution in [2.75, 3.05) is 13.7 Å². The zero-order valence-corrected chi connectivity index (χ0v) is 10.4. The monoisotopic (exact) mass is 252 g/mol. The van der Waals surface area contributed by atoms with Gasteiger partial charge < -0.3 is 19.3 Å². The fourth-order valence-electron chi connectivity index (χ4n) is 1.92. The smallest absolute Gasteiger partial charge is 0.345 e. The fourth-order valence-corrected chi connectivity index (χ4v) is 1.92. The molecule has 0 amide bonds. The number of rotatable bonds is 5. The third kappa shape index (κ3) is 2.73. The van der Waals surface area contributed by atoms with Gasteiger partial charge in [0.1, 0.15) is 17.6 Å². The van der Waals surface area contributed by atoms with Crippen molar-refractivity contribution in [3.8, 4) is 11.5 Å². The average molecular weight is 252 g/mol. The van der Waals surface area contributed by atoms with E-state index < -0.39 is 12.1 Å². The van der Waals surface area contributed by atoms with E-state index in [-0.39, 0.29) is 6.10 Å². The van der Waals surface area contributed by atoms with Crippen LogP contribution in [0.4, 0.5) is 0 Å². The Bertz CT molecular complexity index is 443. The van der Waals surface area contributed by atoms with Crippen molar-refractivity contribution in [2.24, 2.45) is 0 Å². The molecular weight excluding hydrogens is 236 g/mol. The van der Waals surface area contributed by atoms with E-state index in [2.05, 4.69) is 0 Å². The second kappa shape index (κ2) is 5.27. The van der Waals surface area contributed by atoms with Crippen LogP contribution in [0, 0.1) is 0 Å². The Morgan fingerprint density at radius 3 is 3.06 bits per heavy atom. The number of ether oxygens (including phenoxy) is 3. The molecule has 1 aromatic carbocycles. The maximum Gasteiger partial charge on any atom is 0.345 e. The molecule has 0 saturated carbocycles. The maximum absolute atomic E-state index is 10.8. The largest absolute Gasteiger partial charge is 0.488 e. The molecule has 1 aliphatic heterocycles. The molecule has 18 heavy (non-hydrogen) atoms. The van der Waals surface area contributed by atoms with E-state index in [1.54, 1.807) is 13.2 Å². The lowest BCUT2D eigenvalue weighted by atomic mass is 10.1. The molecule has 2 rings (SSSR count). The van der Waals surface area contributed by atoms with Gasteiger partial charge >= 0.3 is 5.97 Å². The Labute approximate surface area is 105 Å². The van der Waals surface area contributed by atoms with Crippen molar-refractivity contribution in [3.63, 3.8) is 0 Å². The highest BCUT2D eigenvalue weighted by atomic mass is 16.5. The van der Waals surface area contributed by atoms with Crippen LogP contribution < -0.4 is 9.47 Å². The maximum atomic E-state index is 10.8. The highest BCUT2D eigenvalue weighted by Crippen LogP contribution is 2.32. The van der Waals surface area contributed by atoms with Gasteiger partial charge in [-0.15, -0.1) is 0 Å². The lowest BCUT2D eigenvalue weighted by Gasteiger charge is -2.14. The van der Waals surface area contributed by atoms with Gasteiger partial charge in [-0.2, -0.15) is 0 Å². The van der Waals surface area contributed by atoms with Crippen LogP contribution in [0.25, 0.3) is 0 Å². The van der Waals surface area contributed by atoms with E-state index in [9.17, 15) is 4.79 Å². The van der Waals surface area contributed by atoms with Crippen LogP contribution in [-0.4, -0.2) is 37.0 Å². The number of carboxylic acids is 1. The lowest BCUT2D eigenvalue weighted by Crippen LogP contribution is -2.24. The summed E-state index contributed by atoms with van der Waals surface area (Å²) in [6.07, 6.45) is -0.449. The Kier molecular flexibility index (Phi) is 3.72. The minimum atomic E-state index is -0.943. The summed E-state index contributed by atoms with van der Waals surface area (Å²) in [5, 5.41) is 8.90. The molecule has 0 fully saturated rings. The lowest BCUT2D eigenvalue weighted by molar-refractivity contribution is -0.144. The van der Waals surface area contributed by atoms with Crippen LogP contribution >= 0.6 is 0 Å². The summed E-state index contributed by atoms with van der Waals surface area (Å²) in [4.78, 5) is 10.8. The van der Waals surface area contributed by atoms with Gasteiger partial charge in [0.2, 0.25) is 0 Å². The van der Waals surface area contributed by atoms with Gasteiger partial charge in [0.05, 0.1) is 6.61 Å². The fraction of sp³-hybridized carbons (Fsp3) is 0.462. The Morgan fingerprint density at radius 1 is 1.61 bits per heavy atom. The van der Waals surface area contributed by atoms with E-state index >= 15 is 0 Å². The summed E-state index contributed by atoms with van der Waals surface area (Å²) < 4.78 is 15.9. The summed E-state index contributed by atoms with van der Waals surface area (Å²) >= 11 is 0. The van der Waals surface area contributed by atoms with Gasteiger partial charge in [0, 0.05) is 19.6 Å². The van der Waals surface area contributed by atoms with Gasteiger partial charge in [0.15, 0.2) is 6.10 Å². The summed E-state index contributed by atoms with van der Waals surface area (Å²) in [5.41, 5.74) is 0.897. The summed E-state index contributed by atoms with van der Waals surface area (Å²) in [7, 11) is 1.61. The van der Waals surface area contributed by atoms with E-state index in [4.69, 9.17) is 19.3 Å². The summed E-state index contributed by atoms with van der Waals surface area (Å²) in [5.74, 6) is 0.301. The first kappa shape index (κ1) is 12.7. The first-order valence-electron chi connectivity index (χ1n) is 5.78. The highest BCUT2D eigenvalue weighted by Gasteiger charge is 2.29. The van der Waals surface area contributed by atoms with Crippen LogP contribution in [0.3, 0.4) is 0 Å². The van der Waals surface area contributed by atoms with Crippen LogP contribution in [0.15, 0.2) is 18.2 Å². The standard InChI is InChI=1S/C13H16O5/c1-8(7-16-2)17-10-4-3-9-5-12(13(14)15)18-11(9)6-10/h3-4,6,8,12H,5,7H2,1-2H3,(H,14,15). The third-order valence-electron chi connectivity index (χ3n) is 2.73. The molecule has 0 radical (unpaired) electrons. The number of hydrogen-bond donors (Lipinski definition) is 1. The van der Waals surface area contributed by atoms with E-state index in [0.717, 1.165) is 5.56 Å². The predicted octanol–water partition coefficient (Wildman–Crippen LogP) is 1.49. The van der Waals surface area contributed by atoms with Crippen molar-refractivity contribution >= 4 is 5.97 Å². The molecule has 0 saturated heterocycles. The van der Waals surface area contributed by atoms with Crippen molar-refractivity contribution < 1.29 is 24.1 Å². The molecule has 98 valence electrons. The number of carbonyl (C=O) groups is 1. The summed E-state index contributed by atoms with van der Waals surface area (Å²) in [6, 6.07) is 5.39. The molecule has 1 heterocycles. The molecule has 0 spiro atoms. The number of hydrogen-bond acceptors (Lipinski definition) is 4. The molecule has 5 heteroatoms. The van der Waals surface area contributed by atoms with Gasteiger partial charge in [-0.1, -0.05) is 6.07 Å².